The van der Waals surface area contributed by atoms with E-state index in [0.29, 0.717) is 71.5 Å². The van der Waals surface area contributed by atoms with Gasteiger partial charge in [-0.1, -0.05) is 23.4 Å². The van der Waals surface area contributed by atoms with Crippen molar-refractivity contribution in [1.82, 2.24) is 15.2 Å². The molecule has 0 bridgehead atoms. The molecule has 0 saturated carbocycles. The number of amides is 5. The highest BCUT2D eigenvalue weighted by atomic mass is 32.1. The van der Waals surface area contributed by atoms with E-state index in [2.05, 4.69) is 37.4 Å². The molecule has 324 valence electrons. The summed E-state index contributed by atoms with van der Waals surface area (Å²) >= 11 is 1.31. The van der Waals surface area contributed by atoms with Crippen LogP contribution >= 0.6 is 11.3 Å². The topological polar surface area (TPSA) is 185 Å². The van der Waals surface area contributed by atoms with Gasteiger partial charge in [0.1, 0.15) is 12.3 Å². The molecule has 16 nitrogen and oxygen atoms in total. The summed E-state index contributed by atoms with van der Waals surface area (Å²) in [6, 6.07) is 20.3. The van der Waals surface area contributed by atoms with E-state index >= 15 is 0 Å². The highest BCUT2D eigenvalue weighted by Gasteiger charge is 2.39. The predicted molar refractivity (Wildman–Crippen MR) is 240 cm³/mol. The first kappa shape index (κ1) is 43.2. The monoisotopic (exact) mass is 862 g/mol. The van der Waals surface area contributed by atoms with E-state index in [-0.39, 0.29) is 61.6 Å². The molecule has 5 aromatic rings. The number of aromatic nitrogens is 1. The number of rotatable bonds is 18. The van der Waals surface area contributed by atoms with Crippen molar-refractivity contribution < 1.29 is 38.3 Å². The number of nitrogens with zero attached hydrogens (tertiary/aromatic N) is 4. The number of nitrogens with one attached hydrogen (secondary N) is 4. The molecule has 0 radical (unpaired) electrons. The Kier molecular flexibility index (Phi) is 13.7. The number of thiophene rings is 1. The Hall–Kier alpha value is -6.88. The Morgan fingerprint density at radius 1 is 0.855 bits per heavy atom. The molecule has 0 saturated heterocycles. The lowest BCUT2D eigenvalue weighted by Crippen LogP contribution is -2.41. The van der Waals surface area contributed by atoms with Crippen LogP contribution in [0.2, 0.25) is 0 Å². The van der Waals surface area contributed by atoms with Gasteiger partial charge in [0, 0.05) is 87.5 Å². The third-order valence-electron chi connectivity index (χ3n) is 10.6. The van der Waals surface area contributed by atoms with Crippen molar-refractivity contribution in [2.75, 3.05) is 67.4 Å². The van der Waals surface area contributed by atoms with Crippen molar-refractivity contribution in [2.45, 2.75) is 45.1 Å². The number of carbonyl (C=O) groups excluding carboxylic acids is 5. The van der Waals surface area contributed by atoms with Crippen LogP contribution in [0.25, 0.3) is 10.1 Å². The minimum atomic E-state index is -0.374. The van der Waals surface area contributed by atoms with E-state index in [1.807, 2.05) is 42.3 Å². The lowest BCUT2D eigenvalue weighted by atomic mass is 10.1. The molecule has 0 aliphatic carbocycles. The maximum Gasteiger partial charge on any atom is 0.272 e. The maximum absolute atomic E-state index is 13.9. The first-order chi connectivity index (χ1) is 30.0. The molecule has 2 aliphatic heterocycles. The summed E-state index contributed by atoms with van der Waals surface area (Å²) in [5, 5.41) is 15.8. The molecule has 4 heterocycles. The van der Waals surface area contributed by atoms with Crippen LogP contribution in [0, 0.1) is 0 Å². The zero-order valence-corrected chi connectivity index (χ0v) is 35.9. The average molecular weight is 863 g/mol. The van der Waals surface area contributed by atoms with Gasteiger partial charge < -0.3 is 49.9 Å². The summed E-state index contributed by atoms with van der Waals surface area (Å²) in [5.41, 5.74) is 4.75. The third kappa shape index (κ3) is 10.0. The SMILES string of the molecule is CC=NOCCCNC(=O)CCNC(=O)c1cc2cc(NC(=O)c3cc(NC(=O)CCCOc4cc5c(cc4OC)C(=O)N4c6ccccc6C[C@H]4CN5C)cn3C)ccc2s1. The first-order valence-corrected chi connectivity index (χ1v) is 21.3. The van der Waals surface area contributed by atoms with Gasteiger partial charge in [-0.05, 0) is 73.2 Å². The number of aryl methyl sites for hydroxylation is 1. The third-order valence-corrected chi connectivity index (χ3v) is 11.7. The summed E-state index contributed by atoms with van der Waals surface area (Å²) in [5.74, 6) is -0.221. The number of carbonyl (C=O) groups is 5. The Morgan fingerprint density at radius 2 is 1.69 bits per heavy atom. The lowest BCUT2D eigenvalue weighted by molar-refractivity contribution is -0.121. The number of para-hydroxylation sites is 1. The molecular formula is C45H50N8O8S. The molecule has 7 rings (SSSR count). The molecule has 0 fully saturated rings. The molecule has 0 spiro atoms. The minimum absolute atomic E-state index is 0.0173. The molecule has 3 aromatic carbocycles. The van der Waals surface area contributed by atoms with Crippen LogP contribution < -0.4 is 40.5 Å². The zero-order chi connectivity index (χ0) is 43.8. The van der Waals surface area contributed by atoms with Crippen molar-refractivity contribution in [3.63, 3.8) is 0 Å². The van der Waals surface area contributed by atoms with E-state index < -0.39 is 0 Å². The normalized spacial score (nSPS) is 14.2. The number of hydrogen-bond acceptors (Lipinski definition) is 11. The van der Waals surface area contributed by atoms with Crippen LogP contribution in [0.5, 0.6) is 11.5 Å². The van der Waals surface area contributed by atoms with Crippen molar-refractivity contribution in [1.29, 1.82) is 0 Å². The summed E-state index contributed by atoms with van der Waals surface area (Å²) in [6.45, 7) is 3.70. The van der Waals surface area contributed by atoms with Crippen LogP contribution in [-0.2, 0) is 27.9 Å². The summed E-state index contributed by atoms with van der Waals surface area (Å²) in [7, 11) is 5.23. The van der Waals surface area contributed by atoms with Gasteiger partial charge in [-0.25, -0.2) is 0 Å². The molecule has 17 heteroatoms. The van der Waals surface area contributed by atoms with Crippen molar-refractivity contribution >= 4 is 79.9 Å². The quantitative estimate of drug-likeness (QED) is 0.0469. The van der Waals surface area contributed by atoms with Crippen molar-refractivity contribution in [3.05, 3.63) is 94.6 Å². The fourth-order valence-corrected chi connectivity index (χ4v) is 8.58. The summed E-state index contributed by atoms with van der Waals surface area (Å²) < 4.78 is 14.3. The Bertz CT molecular complexity index is 2510. The van der Waals surface area contributed by atoms with Gasteiger partial charge in [-0.3, -0.25) is 24.0 Å². The number of ether oxygens (including phenoxy) is 2. The number of fused-ring (bicyclic) bond motifs is 5. The molecule has 62 heavy (non-hydrogen) atoms. The average Bonchev–Trinajstić information content (AvgIpc) is 3.95. The maximum atomic E-state index is 13.9. The number of hydrogen-bond donors (Lipinski definition) is 4. The largest absolute Gasteiger partial charge is 0.493 e. The molecule has 0 unspecified atom stereocenters. The molecular weight excluding hydrogens is 813 g/mol. The molecule has 5 amide bonds. The van der Waals surface area contributed by atoms with E-state index in [4.69, 9.17) is 14.3 Å². The van der Waals surface area contributed by atoms with Crippen molar-refractivity contribution in [3.8, 4) is 11.5 Å². The number of anilines is 4. The first-order valence-electron chi connectivity index (χ1n) is 20.5. The number of methoxy groups -OCH3 is 1. The van der Waals surface area contributed by atoms with Gasteiger partial charge in [0.15, 0.2) is 11.5 Å². The van der Waals surface area contributed by atoms with Gasteiger partial charge >= 0.3 is 0 Å². The molecule has 4 N–H and O–H groups in total. The fourth-order valence-electron chi connectivity index (χ4n) is 7.62. The van der Waals surface area contributed by atoms with Crippen LogP contribution in [0.15, 0.2) is 78.1 Å². The second kappa shape index (κ2) is 19.7. The summed E-state index contributed by atoms with van der Waals surface area (Å²) in [4.78, 5) is 74.5. The molecule has 2 aromatic heterocycles. The standard InChI is InChI=1S/C45H50N8O8S/c1-5-48-61-19-9-16-46-41(54)15-17-47-44(57)40-22-29-20-30(13-14-39(29)62-40)50-43(56)36-23-31(26-51(36)2)49-42(55)12-8-18-60-38-25-35-33(24-37(38)59-4)45(58)53-32(27-52(35)3)21-28-10-6-7-11-34(28)53/h5-7,10-11,13-14,20,22-26,32H,8-9,12,15-19,21,27H2,1-4H3,(H,46,54)(H,47,57)(H,49,55)(H,50,56)/t32-/m0/s1. The fraction of sp³-hybridized carbons (Fsp3) is 0.333. The number of benzene rings is 3. The Labute approximate surface area is 363 Å². The second-order valence-corrected chi connectivity index (χ2v) is 16.1. The lowest BCUT2D eigenvalue weighted by Gasteiger charge is -2.25. The van der Waals surface area contributed by atoms with Crippen LogP contribution in [0.3, 0.4) is 0 Å². The number of oxime groups is 1. The molecule has 2 aliphatic rings. The van der Waals surface area contributed by atoms with Crippen LogP contribution in [0.4, 0.5) is 22.7 Å². The zero-order valence-electron chi connectivity index (χ0n) is 35.1. The van der Waals surface area contributed by atoms with E-state index in [1.165, 1.54) is 18.4 Å². The van der Waals surface area contributed by atoms with E-state index in [0.717, 1.165) is 33.4 Å². The highest BCUT2D eigenvalue weighted by molar-refractivity contribution is 7.20. The molecule has 1 atom stereocenters. The second-order valence-electron chi connectivity index (χ2n) is 15.0. The Balaban J connectivity index is 0.871. The number of likely N-dealkylation sites (N-methyl/N-ethyl adjacent to an activating group) is 1. The van der Waals surface area contributed by atoms with E-state index in [9.17, 15) is 24.0 Å². The van der Waals surface area contributed by atoms with Crippen LogP contribution in [0.1, 0.15) is 68.7 Å². The smallest absolute Gasteiger partial charge is 0.272 e. The van der Waals surface area contributed by atoms with Gasteiger partial charge in [-0.2, -0.15) is 0 Å². The minimum Gasteiger partial charge on any atom is -0.493 e. The highest BCUT2D eigenvalue weighted by Crippen LogP contribution is 2.42. The van der Waals surface area contributed by atoms with Crippen molar-refractivity contribution in [2.24, 2.45) is 12.2 Å². The van der Waals surface area contributed by atoms with Gasteiger partial charge in [0.05, 0.1) is 41.6 Å². The van der Waals surface area contributed by atoms with Gasteiger partial charge in [0.25, 0.3) is 17.7 Å². The van der Waals surface area contributed by atoms with Crippen LogP contribution in [-0.4, -0.2) is 93.4 Å². The summed E-state index contributed by atoms with van der Waals surface area (Å²) in [6.07, 6.45) is 5.35. The van der Waals surface area contributed by atoms with Gasteiger partial charge in [-0.15, -0.1) is 11.3 Å². The Morgan fingerprint density at radius 3 is 2.52 bits per heavy atom. The van der Waals surface area contributed by atoms with Gasteiger partial charge in [0.2, 0.25) is 11.8 Å². The predicted octanol–water partition coefficient (Wildman–Crippen LogP) is 5.97. The van der Waals surface area contributed by atoms with E-state index in [1.54, 1.807) is 61.3 Å².